The van der Waals surface area contributed by atoms with Crippen LogP contribution in [0.1, 0.15) is 47.8 Å². The van der Waals surface area contributed by atoms with Crippen LogP contribution in [0, 0.1) is 0 Å². The molecule has 1 aliphatic carbocycles. The summed E-state index contributed by atoms with van der Waals surface area (Å²) >= 11 is 0. The van der Waals surface area contributed by atoms with E-state index in [4.69, 9.17) is 15.2 Å². The van der Waals surface area contributed by atoms with Crippen LogP contribution < -0.4 is 25.4 Å². The molecule has 2 aromatic carbocycles. The third-order valence-electron chi connectivity index (χ3n) is 5.40. The van der Waals surface area contributed by atoms with Crippen molar-refractivity contribution in [2.75, 3.05) is 24.8 Å². The standard InChI is InChI=1S/C21H25N3O3/c1-23-20-14-9-5-6-10-15(14)21(25)24(20)17-12-19(18(26-2)11-16(17)22)27-13-7-3-4-8-13/h5-6,9-13,20,23H,3-4,7-8,22H2,1-2H3. The van der Waals surface area contributed by atoms with E-state index in [1.165, 1.54) is 12.8 Å². The van der Waals surface area contributed by atoms with Gasteiger partial charge < -0.3 is 15.2 Å². The van der Waals surface area contributed by atoms with E-state index in [2.05, 4.69) is 5.32 Å². The van der Waals surface area contributed by atoms with E-state index >= 15 is 0 Å². The lowest BCUT2D eigenvalue weighted by atomic mass is 10.1. The molecule has 1 atom stereocenters. The highest BCUT2D eigenvalue weighted by molar-refractivity contribution is 6.12. The molecule has 4 rings (SSSR count). The van der Waals surface area contributed by atoms with Gasteiger partial charge >= 0.3 is 0 Å². The predicted molar refractivity (Wildman–Crippen MR) is 105 cm³/mol. The fourth-order valence-electron chi connectivity index (χ4n) is 4.06. The molecule has 0 saturated heterocycles. The zero-order valence-electron chi connectivity index (χ0n) is 15.7. The van der Waals surface area contributed by atoms with E-state index in [1.807, 2.05) is 37.4 Å². The molecule has 1 amide bonds. The first kappa shape index (κ1) is 17.7. The van der Waals surface area contributed by atoms with Crippen LogP contribution >= 0.6 is 0 Å². The third-order valence-corrected chi connectivity index (χ3v) is 5.40. The molecule has 0 spiro atoms. The van der Waals surface area contributed by atoms with E-state index < -0.39 is 0 Å². The van der Waals surface area contributed by atoms with E-state index in [1.54, 1.807) is 18.1 Å². The van der Waals surface area contributed by atoms with Crippen LogP contribution in [0.5, 0.6) is 11.5 Å². The predicted octanol–water partition coefficient (Wildman–Crippen LogP) is 3.48. The molecule has 6 nitrogen and oxygen atoms in total. The molecule has 0 radical (unpaired) electrons. The number of hydrogen-bond acceptors (Lipinski definition) is 5. The summed E-state index contributed by atoms with van der Waals surface area (Å²) in [6, 6.07) is 11.2. The van der Waals surface area contributed by atoms with Gasteiger partial charge in [0.05, 0.1) is 24.6 Å². The van der Waals surface area contributed by atoms with Gasteiger partial charge in [-0.05, 0) is 38.8 Å². The van der Waals surface area contributed by atoms with Crippen LogP contribution in [-0.2, 0) is 0 Å². The minimum atomic E-state index is -0.274. The number of ether oxygens (including phenoxy) is 2. The maximum absolute atomic E-state index is 13.1. The molecule has 2 aliphatic rings. The highest BCUT2D eigenvalue weighted by atomic mass is 16.5. The highest BCUT2D eigenvalue weighted by Gasteiger charge is 2.38. The molecular weight excluding hydrogens is 342 g/mol. The fraction of sp³-hybridized carbons (Fsp3) is 0.381. The fourth-order valence-corrected chi connectivity index (χ4v) is 4.06. The largest absolute Gasteiger partial charge is 0.493 e. The number of anilines is 2. The minimum absolute atomic E-state index is 0.0753. The summed E-state index contributed by atoms with van der Waals surface area (Å²) in [7, 11) is 3.44. The molecular formula is C21H25N3O3. The van der Waals surface area contributed by atoms with Gasteiger partial charge in [-0.1, -0.05) is 18.2 Å². The SMILES string of the molecule is CNC1c2ccccc2C(=O)N1c1cc(OC2CCCC2)c(OC)cc1N. The second-order valence-electron chi connectivity index (χ2n) is 7.04. The first-order valence-electron chi connectivity index (χ1n) is 9.38. The Labute approximate surface area is 159 Å². The van der Waals surface area contributed by atoms with Crippen molar-refractivity contribution in [1.82, 2.24) is 5.32 Å². The van der Waals surface area contributed by atoms with Crippen molar-refractivity contribution in [3.8, 4) is 11.5 Å². The second-order valence-corrected chi connectivity index (χ2v) is 7.04. The smallest absolute Gasteiger partial charge is 0.260 e. The lowest BCUT2D eigenvalue weighted by Crippen LogP contribution is -2.35. The van der Waals surface area contributed by atoms with Gasteiger partial charge in [-0.15, -0.1) is 0 Å². The molecule has 1 heterocycles. The zero-order chi connectivity index (χ0) is 19.0. The molecule has 0 aromatic heterocycles. The average molecular weight is 367 g/mol. The van der Waals surface area contributed by atoms with Gasteiger partial charge in [0.1, 0.15) is 6.17 Å². The Hall–Kier alpha value is -2.73. The van der Waals surface area contributed by atoms with Crippen molar-refractivity contribution in [2.24, 2.45) is 0 Å². The maximum Gasteiger partial charge on any atom is 0.260 e. The number of rotatable bonds is 5. The van der Waals surface area contributed by atoms with E-state index in [0.29, 0.717) is 28.4 Å². The second kappa shape index (κ2) is 7.12. The van der Waals surface area contributed by atoms with Crippen molar-refractivity contribution >= 4 is 17.3 Å². The zero-order valence-corrected chi connectivity index (χ0v) is 15.7. The number of hydrogen-bond donors (Lipinski definition) is 2. The molecule has 3 N–H and O–H groups in total. The summed E-state index contributed by atoms with van der Waals surface area (Å²) in [6.07, 6.45) is 4.34. The number of nitrogens with one attached hydrogen (secondary N) is 1. The summed E-state index contributed by atoms with van der Waals surface area (Å²) in [5.41, 5.74) is 9.05. The Morgan fingerprint density at radius 3 is 2.59 bits per heavy atom. The first-order valence-corrected chi connectivity index (χ1v) is 9.38. The summed E-state index contributed by atoms with van der Waals surface area (Å²) in [6.45, 7) is 0. The lowest BCUT2D eigenvalue weighted by molar-refractivity contribution is 0.0989. The summed E-state index contributed by atoms with van der Waals surface area (Å²) in [5.74, 6) is 1.15. The Balaban J connectivity index is 1.75. The first-order chi connectivity index (χ1) is 13.1. The van der Waals surface area contributed by atoms with Crippen LogP contribution in [0.3, 0.4) is 0 Å². The number of carbonyl (C=O) groups is 1. The van der Waals surface area contributed by atoms with E-state index in [9.17, 15) is 4.79 Å². The summed E-state index contributed by atoms with van der Waals surface area (Å²) < 4.78 is 11.7. The number of amides is 1. The average Bonchev–Trinajstić information content (AvgIpc) is 3.29. The highest BCUT2D eigenvalue weighted by Crippen LogP contribution is 2.44. The van der Waals surface area contributed by atoms with Crippen molar-refractivity contribution < 1.29 is 14.3 Å². The van der Waals surface area contributed by atoms with Crippen molar-refractivity contribution in [1.29, 1.82) is 0 Å². The molecule has 2 aromatic rings. The Morgan fingerprint density at radius 1 is 1.15 bits per heavy atom. The van der Waals surface area contributed by atoms with Crippen LogP contribution in [0.25, 0.3) is 0 Å². The minimum Gasteiger partial charge on any atom is -0.493 e. The molecule has 142 valence electrons. The van der Waals surface area contributed by atoms with Gasteiger partial charge in [-0.3, -0.25) is 15.0 Å². The molecule has 1 unspecified atom stereocenters. The normalized spacial score (nSPS) is 19.4. The molecule has 27 heavy (non-hydrogen) atoms. The molecule has 1 saturated carbocycles. The number of benzene rings is 2. The lowest BCUT2D eigenvalue weighted by Gasteiger charge is -2.27. The monoisotopic (exact) mass is 367 g/mol. The number of nitrogen functional groups attached to an aromatic ring is 1. The third kappa shape index (κ3) is 3.00. The topological polar surface area (TPSA) is 76.8 Å². The van der Waals surface area contributed by atoms with Crippen LogP contribution in [0.2, 0.25) is 0 Å². The van der Waals surface area contributed by atoms with Crippen molar-refractivity contribution in [3.63, 3.8) is 0 Å². The number of carbonyl (C=O) groups excluding carboxylic acids is 1. The van der Waals surface area contributed by atoms with Gasteiger partial charge in [0, 0.05) is 23.3 Å². The van der Waals surface area contributed by atoms with Gasteiger partial charge in [0.15, 0.2) is 11.5 Å². The Morgan fingerprint density at radius 2 is 1.89 bits per heavy atom. The molecule has 1 fully saturated rings. The van der Waals surface area contributed by atoms with Crippen LogP contribution in [0.15, 0.2) is 36.4 Å². The number of methoxy groups -OCH3 is 1. The van der Waals surface area contributed by atoms with Gasteiger partial charge in [-0.25, -0.2) is 0 Å². The van der Waals surface area contributed by atoms with Gasteiger partial charge in [-0.2, -0.15) is 0 Å². The van der Waals surface area contributed by atoms with Crippen molar-refractivity contribution in [2.45, 2.75) is 38.0 Å². The molecule has 0 bridgehead atoms. The van der Waals surface area contributed by atoms with E-state index in [-0.39, 0.29) is 18.2 Å². The van der Waals surface area contributed by atoms with Crippen LogP contribution in [0.4, 0.5) is 11.4 Å². The summed E-state index contributed by atoms with van der Waals surface area (Å²) in [4.78, 5) is 14.8. The quantitative estimate of drug-likeness (QED) is 0.791. The molecule has 1 aliphatic heterocycles. The summed E-state index contributed by atoms with van der Waals surface area (Å²) in [5, 5.41) is 3.22. The van der Waals surface area contributed by atoms with Crippen LogP contribution in [-0.4, -0.2) is 26.2 Å². The molecule has 6 heteroatoms. The Bertz CT molecular complexity index is 862. The van der Waals surface area contributed by atoms with Gasteiger partial charge in [0.2, 0.25) is 0 Å². The Kier molecular flexibility index (Phi) is 4.66. The van der Waals surface area contributed by atoms with Gasteiger partial charge in [0.25, 0.3) is 5.91 Å². The van der Waals surface area contributed by atoms with Crippen molar-refractivity contribution in [3.05, 3.63) is 47.5 Å². The number of fused-ring (bicyclic) bond motifs is 1. The number of nitrogens with zero attached hydrogens (tertiary/aromatic N) is 1. The van der Waals surface area contributed by atoms with E-state index in [0.717, 1.165) is 18.4 Å². The maximum atomic E-state index is 13.1. The number of nitrogens with two attached hydrogens (primary N) is 1.